The summed E-state index contributed by atoms with van der Waals surface area (Å²) >= 11 is 0. The molecule has 0 aliphatic rings. The van der Waals surface area contributed by atoms with Crippen molar-refractivity contribution in [2.75, 3.05) is 0 Å². The molecule has 19 heavy (non-hydrogen) atoms. The summed E-state index contributed by atoms with van der Waals surface area (Å²) in [5.74, 6) is 0. The van der Waals surface area contributed by atoms with Crippen molar-refractivity contribution in [2.24, 2.45) is 0 Å². The van der Waals surface area contributed by atoms with E-state index in [1.807, 2.05) is 13.0 Å². The minimum absolute atomic E-state index is 0.458. The first-order valence-electron chi connectivity index (χ1n) is 5.61. The molecule has 0 spiro atoms. The van der Waals surface area contributed by atoms with Gasteiger partial charge in [0.05, 0.1) is 17.2 Å². The van der Waals surface area contributed by atoms with Gasteiger partial charge in [0.2, 0.25) is 0 Å². The van der Waals surface area contributed by atoms with Gasteiger partial charge >= 0.3 is 6.18 Å². The summed E-state index contributed by atoms with van der Waals surface area (Å²) in [6.07, 6.45) is -4.34. The van der Waals surface area contributed by atoms with Crippen LogP contribution < -0.4 is 0 Å². The first kappa shape index (κ1) is 13.2. The van der Waals surface area contributed by atoms with Crippen LogP contribution in [0, 0.1) is 18.3 Å². The van der Waals surface area contributed by atoms with Crippen molar-refractivity contribution in [1.29, 1.82) is 5.26 Å². The maximum Gasteiger partial charge on any atom is 0.416 e. The van der Waals surface area contributed by atoms with Gasteiger partial charge in [-0.05, 0) is 36.2 Å². The van der Waals surface area contributed by atoms with Gasteiger partial charge in [-0.2, -0.15) is 18.4 Å². The van der Waals surface area contributed by atoms with Crippen molar-refractivity contribution in [3.63, 3.8) is 0 Å². The van der Waals surface area contributed by atoms with Crippen LogP contribution in [-0.4, -0.2) is 0 Å². The predicted molar refractivity (Wildman–Crippen MR) is 66.3 cm³/mol. The summed E-state index contributed by atoms with van der Waals surface area (Å²) < 4.78 is 37.5. The highest BCUT2D eigenvalue weighted by Crippen LogP contribution is 2.32. The van der Waals surface area contributed by atoms with Crippen LogP contribution in [0.25, 0.3) is 11.1 Å². The number of alkyl halides is 3. The van der Waals surface area contributed by atoms with Gasteiger partial charge in [0, 0.05) is 5.56 Å². The van der Waals surface area contributed by atoms with Gasteiger partial charge in [-0.3, -0.25) is 0 Å². The Balaban J connectivity index is 2.53. The van der Waals surface area contributed by atoms with E-state index >= 15 is 0 Å². The van der Waals surface area contributed by atoms with Crippen LogP contribution in [0.5, 0.6) is 0 Å². The molecule has 4 heteroatoms. The summed E-state index contributed by atoms with van der Waals surface area (Å²) in [6, 6.07) is 12.1. The van der Waals surface area contributed by atoms with Crippen molar-refractivity contribution in [3.8, 4) is 17.2 Å². The van der Waals surface area contributed by atoms with Crippen LogP contribution in [0.4, 0.5) is 13.2 Å². The third-order valence-corrected chi connectivity index (χ3v) is 2.89. The zero-order valence-electron chi connectivity index (χ0n) is 10.1. The summed E-state index contributed by atoms with van der Waals surface area (Å²) in [5, 5.41) is 9.06. The fourth-order valence-corrected chi connectivity index (χ4v) is 1.97. The van der Waals surface area contributed by atoms with Gasteiger partial charge in [-0.1, -0.05) is 24.3 Å². The van der Waals surface area contributed by atoms with Crippen molar-refractivity contribution < 1.29 is 13.2 Å². The number of benzene rings is 2. The molecule has 0 aromatic heterocycles. The molecule has 0 unspecified atom stereocenters. The Morgan fingerprint density at radius 2 is 1.63 bits per heavy atom. The highest BCUT2D eigenvalue weighted by atomic mass is 19.4. The normalized spacial score (nSPS) is 11.1. The molecule has 0 fully saturated rings. The number of aryl methyl sites for hydroxylation is 1. The topological polar surface area (TPSA) is 23.8 Å². The van der Waals surface area contributed by atoms with Gasteiger partial charge in [0.25, 0.3) is 0 Å². The van der Waals surface area contributed by atoms with E-state index in [2.05, 4.69) is 6.07 Å². The van der Waals surface area contributed by atoms with Gasteiger partial charge < -0.3 is 0 Å². The minimum atomic E-state index is -4.34. The van der Waals surface area contributed by atoms with E-state index in [0.717, 1.165) is 17.7 Å². The maximum atomic E-state index is 12.5. The van der Waals surface area contributed by atoms with Crippen molar-refractivity contribution in [3.05, 3.63) is 59.2 Å². The average Bonchev–Trinajstić information content (AvgIpc) is 2.37. The van der Waals surface area contributed by atoms with E-state index < -0.39 is 11.7 Å². The molecule has 1 nitrogen and oxygen atoms in total. The molecule has 0 saturated heterocycles. The molecule has 2 rings (SSSR count). The van der Waals surface area contributed by atoms with Crippen LogP contribution >= 0.6 is 0 Å². The Labute approximate surface area is 108 Å². The molecule has 0 amide bonds. The minimum Gasteiger partial charge on any atom is -0.192 e. The lowest BCUT2D eigenvalue weighted by atomic mass is 9.95. The molecule has 96 valence electrons. The Hall–Kier alpha value is -2.28. The van der Waals surface area contributed by atoms with Crippen molar-refractivity contribution in [2.45, 2.75) is 13.1 Å². The number of nitrogens with zero attached hydrogens (tertiary/aromatic N) is 1. The number of halogens is 3. The second kappa shape index (κ2) is 4.77. The largest absolute Gasteiger partial charge is 0.416 e. The zero-order chi connectivity index (χ0) is 14.0. The lowest BCUT2D eigenvalue weighted by Crippen LogP contribution is -2.04. The molecule has 0 N–H and O–H groups in total. The number of rotatable bonds is 1. The first-order chi connectivity index (χ1) is 8.93. The fraction of sp³-hybridized carbons (Fsp3) is 0.133. The molecule has 0 aliphatic heterocycles. The molecule has 0 atom stereocenters. The number of hydrogen-bond donors (Lipinski definition) is 0. The zero-order valence-corrected chi connectivity index (χ0v) is 10.1. The highest BCUT2D eigenvalue weighted by Gasteiger charge is 2.30. The summed E-state index contributed by atoms with van der Waals surface area (Å²) in [4.78, 5) is 0. The van der Waals surface area contributed by atoms with Gasteiger partial charge in [-0.15, -0.1) is 0 Å². The van der Waals surface area contributed by atoms with Crippen molar-refractivity contribution in [1.82, 2.24) is 0 Å². The number of hydrogen-bond acceptors (Lipinski definition) is 1. The molecule has 0 bridgehead atoms. The standard InChI is InChI=1S/C15H10F3N/c1-10-3-2-4-12(9-19)14(10)11-5-7-13(8-6-11)15(16,17)18/h2-8H,1H3. The van der Waals surface area contributed by atoms with Crippen LogP contribution in [0.15, 0.2) is 42.5 Å². The van der Waals surface area contributed by atoms with Gasteiger partial charge in [0.1, 0.15) is 0 Å². The molecule has 0 heterocycles. The summed E-state index contributed by atoms with van der Waals surface area (Å²) in [5.41, 5.74) is 1.92. The number of nitriles is 1. The molecule has 2 aromatic rings. The Morgan fingerprint density at radius 1 is 1.00 bits per heavy atom. The molecular formula is C15H10F3N. The molecular weight excluding hydrogens is 251 g/mol. The highest BCUT2D eigenvalue weighted by molar-refractivity contribution is 5.73. The third kappa shape index (κ3) is 2.60. The van der Waals surface area contributed by atoms with E-state index in [9.17, 15) is 13.2 Å². The van der Waals surface area contributed by atoms with Crippen LogP contribution in [0.3, 0.4) is 0 Å². The van der Waals surface area contributed by atoms with E-state index in [-0.39, 0.29) is 0 Å². The third-order valence-electron chi connectivity index (χ3n) is 2.89. The summed E-state index contributed by atoms with van der Waals surface area (Å²) in [7, 11) is 0. The van der Waals surface area contributed by atoms with E-state index in [1.54, 1.807) is 12.1 Å². The molecule has 2 aromatic carbocycles. The lowest BCUT2D eigenvalue weighted by Gasteiger charge is -2.10. The van der Waals surface area contributed by atoms with E-state index in [4.69, 9.17) is 5.26 Å². The summed E-state index contributed by atoms with van der Waals surface area (Å²) in [6.45, 7) is 1.83. The predicted octanol–water partition coefficient (Wildman–Crippen LogP) is 4.55. The average molecular weight is 261 g/mol. The maximum absolute atomic E-state index is 12.5. The smallest absolute Gasteiger partial charge is 0.192 e. The quantitative estimate of drug-likeness (QED) is 0.738. The van der Waals surface area contributed by atoms with Gasteiger partial charge in [0.15, 0.2) is 0 Å². The lowest BCUT2D eigenvalue weighted by molar-refractivity contribution is -0.137. The van der Waals surface area contributed by atoms with Crippen molar-refractivity contribution >= 4 is 0 Å². The Morgan fingerprint density at radius 3 is 2.16 bits per heavy atom. The van der Waals surface area contributed by atoms with Gasteiger partial charge in [-0.25, -0.2) is 0 Å². The second-order valence-corrected chi connectivity index (χ2v) is 4.18. The SMILES string of the molecule is Cc1cccc(C#N)c1-c1ccc(C(F)(F)F)cc1. The molecule has 0 radical (unpaired) electrons. The van der Waals surface area contributed by atoms with E-state index in [1.165, 1.54) is 12.1 Å². The molecule has 0 saturated carbocycles. The second-order valence-electron chi connectivity index (χ2n) is 4.18. The van der Waals surface area contributed by atoms with E-state index in [0.29, 0.717) is 16.7 Å². The fourth-order valence-electron chi connectivity index (χ4n) is 1.97. The van der Waals surface area contributed by atoms with Crippen LogP contribution in [-0.2, 0) is 6.18 Å². The molecule has 0 aliphatic carbocycles. The van der Waals surface area contributed by atoms with Crippen LogP contribution in [0.2, 0.25) is 0 Å². The first-order valence-corrected chi connectivity index (χ1v) is 5.61. The Kier molecular flexibility index (Phi) is 3.30. The Bertz CT molecular complexity index is 634. The monoisotopic (exact) mass is 261 g/mol. The van der Waals surface area contributed by atoms with Crippen LogP contribution in [0.1, 0.15) is 16.7 Å².